The number of nitrogens with zero attached hydrogens (tertiary/aromatic N) is 1. The largest absolute Gasteiger partial charge is 0.325 e. The molecule has 0 atom stereocenters. The van der Waals surface area contributed by atoms with E-state index in [0.717, 1.165) is 0 Å². The van der Waals surface area contributed by atoms with Crippen LogP contribution in [0.2, 0.25) is 5.02 Å². The summed E-state index contributed by atoms with van der Waals surface area (Å²) in [5.74, 6) is -0.0383. The molecule has 3 aromatic rings. The number of para-hydroxylation sites is 1. The second kappa shape index (κ2) is 8.43. The molecule has 0 saturated carbocycles. The molecular weight excluding hydrogens is 424 g/mol. The third-order valence-electron chi connectivity index (χ3n) is 3.50. The van der Waals surface area contributed by atoms with Crippen LogP contribution in [0, 0.1) is 6.92 Å². The van der Waals surface area contributed by atoms with Crippen LogP contribution in [0.25, 0.3) is 0 Å². The highest BCUT2D eigenvalue weighted by Crippen LogP contribution is 2.32. The quantitative estimate of drug-likeness (QED) is 0.566. The number of hydrogen-bond donors (Lipinski definition) is 1. The van der Waals surface area contributed by atoms with E-state index in [0.29, 0.717) is 19.9 Å². The number of aromatic nitrogens is 1. The fourth-order valence-electron chi connectivity index (χ4n) is 2.24. The second-order valence-electron chi connectivity index (χ2n) is 5.50. The van der Waals surface area contributed by atoms with Crippen LogP contribution in [-0.2, 0) is 14.6 Å². The van der Waals surface area contributed by atoms with Crippen molar-refractivity contribution in [3.05, 3.63) is 64.5 Å². The Labute approximate surface area is 170 Å². The highest BCUT2D eigenvalue weighted by atomic mass is 35.5. The van der Waals surface area contributed by atoms with E-state index in [4.69, 9.17) is 11.6 Å². The SMILES string of the molecule is Cc1sc(SCC(=O)Nc2ccccc2)nc1S(=O)(=O)c1ccc(Cl)cc1. The standard InChI is InChI=1S/C18H15ClN2O3S3/c1-12-17(27(23,24)15-9-7-13(19)8-10-15)21-18(26-12)25-11-16(22)20-14-5-3-2-4-6-14/h2-10H,11H2,1H3,(H,20,22). The Bertz CT molecular complexity index is 1050. The molecule has 0 unspecified atom stereocenters. The number of thioether (sulfide) groups is 1. The van der Waals surface area contributed by atoms with Crippen LogP contribution in [0.3, 0.4) is 0 Å². The Morgan fingerprint density at radius 1 is 1.15 bits per heavy atom. The van der Waals surface area contributed by atoms with Gasteiger partial charge in [0.25, 0.3) is 0 Å². The molecule has 0 aliphatic carbocycles. The van der Waals surface area contributed by atoms with Crippen molar-refractivity contribution in [2.75, 3.05) is 11.1 Å². The summed E-state index contributed by atoms with van der Waals surface area (Å²) in [7, 11) is -3.73. The zero-order chi connectivity index (χ0) is 19.4. The Balaban J connectivity index is 1.71. The molecule has 9 heteroatoms. The summed E-state index contributed by atoms with van der Waals surface area (Å²) < 4.78 is 26.1. The third kappa shape index (κ3) is 4.90. The van der Waals surface area contributed by atoms with E-state index in [9.17, 15) is 13.2 Å². The first-order valence-corrected chi connectivity index (χ1v) is 11.5. The molecule has 0 fully saturated rings. The number of hydrogen-bond acceptors (Lipinski definition) is 6. The number of benzene rings is 2. The number of amides is 1. The molecule has 0 bridgehead atoms. The molecule has 3 rings (SSSR count). The van der Waals surface area contributed by atoms with Crippen LogP contribution in [0.4, 0.5) is 5.69 Å². The minimum Gasteiger partial charge on any atom is -0.325 e. The summed E-state index contributed by atoms with van der Waals surface area (Å²) in [4.78, 5) is 17.0. The van der Waals surface area contributed by atoms with Gasteiger partial charge in [-0.1, -0.05) is 41.6 Å². The van der Waals surface area contributed by atoms with Crippen molar-refractivity contribution < 1.29 is 13.2 Å². The first-order chi connectivity index (χ1) is 12.9. The van der Waals surface area contributed by atoms with Crippen LogP contribution >= 0.6 is 34.7 Å². The highest BCUT2D eigenvalue weighted by Gasteiger charge is 2.24. The van der Waals surface area contributed by atoms with E-state index < -0.39 is 9.84 Å². The predicted octanol–water partition coefficient (Wildman–Crippen LogP) is 4.67. The number of sulfone groups is 1. The van der Waals surface area contributed by atoms with Gasteiger partial charge in [-0.15, -0.1) is 11.3 Å². The molecule has 0 saturated heterocycles. The van der Waals surface area contributed by atoms with Gasteiger partial charge in [0.15, 0.2) is 9.37 Å². The Morgan fingerprint density at radius 3 is 2.48 bits per heavy atom. The fraction of sp³-hybridized carbons (Fsp3) is 0.111. The van der Waals surface area contributed by atoms with Crippen molar-refractivity contribution in [2.45, 2.75) is 21.2 Å². The van der Waals surface area contributed by atoms with Gasteiger partial charge in [-0.3, -0.25) is 4.79 Å². The number of carbonyl (C=O) groups excluding carboxylic acids is 1. The fourth-order valence-corrected chi connectivity index (χ4v) is 6.05. The smallest absolute Gasteiger partial charge is 0.234 e. The maximum absolute atomic E-state index is 12.8. The van der Waals surface area contributed by atoms with Gasteiger partial charge in [0.2, 0.25) is 15.7 Å². The molecule has 0 aliphatic rings. The number of carbonyl (C=O) groups is 1. The van der Waals surface area contributed by atoms with E-state index in [2.05, 4.69) is 10.3 Å². The Hall–Kier alpha value is -1.87. The molecular formula is C18H15ClN2O3S3. The lowest BCUT2D eigenvalue weighted by Gasteiger charge is -2.03. The summed E-state index contributed by atoms with van der Waals surface area (Å²) in [6, 6.07) is 15.1. The molecule has 1 aromatic heterocycles. The lowest BCUT2D eigenvalue weighted by atomic mass is 10.3. The van der Waals surface area contributed by atoms with E-state index >= 15 is 0 Å². The zero-order valence-electron chi connectivity index (χ0n) is 14.2. The maximum atomic E-state index is 12.8. The number of thiazole rings is 1. The molecule has 1 N–H and O–H groups in total. The molecule has 140 valence electrons. The van der Waals surface area contributed by atoms with Gasteiger partial charge in [-0.05, 0) is 43.3 Å². The van der Waals surface area contributed by atoms with Crippen molar-refractivity contribution in [1.82, 2.24) is 4.98 Å². The van der Waals surface area contributed by atoms with Crippen LogP contribution in [0.15, 0.2) is 68.9 Å². The van der Waals surface area contributed by atoms with E-state index in [1.165, 1.54) is 47.4 Å². The third-order valence-corrected chi connectivity index (χ3v) is 7.79. The number of halogens is 1. The van der Waals surface area contributed by atoms with Crippen LogP contribution < -0.4 is 5.32 Å². The maximum Gasteiger partial charge on any atom is 0.234 e. The molecule has 27 heavy (non-hydrogen) atoms. The summed E-state index contributed by atoms with van der Waals surface area (Å²) in [5, 5.41) is 3.26. The highest BCUT2D eigenvalue weighted by molar-refractivity contribution is 8.01. The van der Waals surface area contributed by atoms with Gasteiger partial charge in [0.05, 0.1) is 10.6 Å². The predicted molar refractivity (Wildman–Crippen MR) is 110 cm³/mol. The van der Waals surface area contributed by atoms with Crippen molar-refractivity contribution in [1.29, 1.82) is 0 Å². The molecule has 1 amide bonds. The number of rotatable bonds is 6. The van der Waals surface area contributed by atoms with Crippen LogP contribution in [0.5, 0.6) is 0 Å². The lowest BCUT2D eigenvalue weighted by Crippen LogP contribution is -2.13. The summed E-state index contributed by atoms with van der Waals surface area (Å²) >= 11 is 8.28. The average molecular weight is 439 g/mol. The summed E-state index contributed by atoms with van der Waals surface area (Å²) in [6.45, 7) is 1.70. The molecule has 2 aromatic carbocycles. The molecule has 0 aliphatic heterocycles. The van der Waals surface area contributed by atoms with Gasteiger partial charge in [-0.2, -0.15) is 0 Å². The monoisotopic (exact) mass is 438 g/mol. The Morgan fingerprint density at radius 2 is 1.81 bits per heavy atom. The molecule has 0 radical (unpaired) electrons. The first kappa shape index (κ1) is 19.9. The topological polar surface area (TPSA) is 76.1 Å². The van der Waals surface area contributed by atoms with Gasteiger partial charge in [-0.25, -0.2) is 13.4 Å². The summed E-state index contributed by atoms with van der Waals surface area (Å²) in [6.07, 6.45) is 0. The van der Waals surface area contributed by atoms with Gasteiger partial charge < -0.3 is 5.32 Å². The van der Waals surface area contributed by atoms with Crippen molar-refractivity contribution >= 4 is 56.1 Å². The Kier molecular flexibility index (Phi) is 6.21. The minimum atomic E-state index is -3.73. The molecule has 5 nitrogen and oxygen atoms in total. The van der Waals surface area contributed by atoms with Crippen molar-refractivity contribution in [3.8, 4) is 0 Å². The van der Waals surface area contributed by atoms with E-state index in [-0.39, 0.29) is 21.6 Å². The van der Waals surface area contributed by atoms with E-state index in [1.807, 2.05) is 18.2 Å². The lowest BCUT2D eigenvalue weighted by molar-refractivity contribution is -0.113. The summed E-state index contributed by atoms with van der Waals surface area (Å²) in [5.41, 5.74) is 0.712. The van der Waals surface area contributed by atoms with Gasteiger partial charge in [0.1, 0.15) is 0 Å². The van der Waals surface area contributed by atoms with Crippen LogP contribution in [0.1, 0.15) is 4.88 Å². The number of nitrogens with one attached hydrogen (secondary N) is 1. The second-order valence-corrected chi connectivity index (χ2v) is 10.2. The zero-order valence-corrected chi connectivity index (χ0v) is 17.4. The normalized spacial score (nSPS) is 11.3. The van der Waals surface area contributed by atoms with E-state index in [1.54, 1.807) is 19.1 Å². The van der Waals surface area contributed by atoms with Gasteiger partial charge >= 0.3 is 0 Å². The van der Waals surface area contributed by atoms with Crippen molar-refractivity contribution in [3.63, 3.8) is 0 Å². The average Bonchev–Trinajstić information content (AvgIpc) is 3.03. The van der Waals surface area contributed by atoms with Crippen LogP contribution in [-0.4, -0.2) is 25.1 Å². The number of aryl methyl sites for hydroxylation is 1. The van der Waals surface area contributed by atoms with Gasteiger partial charge in [0, 0.05) is 15.6 Å². The first-order valence-electron chi connectivity index (χ1n) is 7.82. The minimum absolute atomic E-state index is 0.0146. The molecule has 0 spiro atoms. The number of anilines is 1. The molecule has 1 heterocycles. The van der Waals surface area contributed by atoms with Crippen molar-refractivity contribution in [2.24, 2.45) is 0 Å².